The second kappa shape index (κ2) is 10.3. The lowest BCUT2D eigenvalue weighted by molar-refractivity contribution is 0.0991. The fourth-order valence-electron chi connectivity index (χ4n) is 4.65. The summed E-state index contributed by atoms with van der Waals surface area (Å²) in [6.07, 6.45) is 4.60. The van der Waals surface area contributed by atoms with E-state index in [1.807, 2.05) is 0 Å². The lowest BCUT2D eigenvalue weighted by atomic mass is 9.83. The molecule has 1 aliphatic carbocycles. The van der Waals surface area contributed by atoms with Gasteiger partial charge in [-0.3, -0.25) is 0 Å². The van der Waals surface area contributed by atoms with E-state index in [-0.39, 0.29) is 6.10 Å². The molecular weight excluding hydrogens is 400 g/mol. The van der Waals surface area contributed by atoms with E-state index < -0.39 is 8.56 Å². The highest BCUT2D eigenvalue weighted by molar-refractivity contribution is 6.92. The van der Waals surface area contributed by atoms with Crippen LogP contribution in [0.5, 0.6) is 5.75 Å². The van der Waals surface area contributed by atoms with Gasteiger partial charge in [-0.05, 0) is 66.6 Å². The SMILES string of the molecule is CCO[Si](OC1CCC(c2ccc(OC)cc2)CC1)(c1ccccc1)c1ccccc1. The molecule has 31 heavy (non-hydrogen) atoms. The van der Waals surface area contributed by atoms with Crippen molar-refractivity contribution < 1.29 is 13.6 Å². The topological polar surface area (TPSA) is 27.7 Å². The molecule has 1 fully saturated rings. The molecule has 0 bridgehead atoms. The summed E-state index contributed by atoms with van der Waals surface area (Å²) < 4.78 is 18.9. The first-order chi connectivity index (χ1) is 15.2. The van der Waals surface area contributed by atoms with Gasteiger partial charge in [-0.25, -0.2) is 0 Å². The van der Waals surface area contributed by atoms with E-state index in [1.165, 1.54) is 15.9 Å². The van der Waals surface area contributed by atoms with Crippen LogP contribution in [0.25, 0.3) is 0 Å². The molecule has 0 heterocycles. The largest absolute Gasteiger partial charge is 0.497 e. The molecule has 0 N–H and O–H groups in total. The maximum absolute atomic E-state index is 7.01. The van der Waals surface area contributed by atoms with Crippen molar-refractivity contribution in [3.8, 4) is 5.75 Å². The monoisotopic (exact) mass is 432 g/mol. The summed E-state index contributed by atoms with van der Waals surface area (Å²) in [4.78, 5) is 0. The molecule has 1 saturated carbocycles. The lowest BCUT2D eigenvalue weighted by Gasteiger charge is -2.38. The number of benzene rings is 3. The van der Waals surface area contributed by atoms with Gasteiger partial charge in [0.1, 0.15) is 5.75 Å². The third-order valence-corrected chi connectivity index (χ3v) is 9.80. The fraction of sp³-hybridized carbons (Fsp3) is 0.333. The van der Waals surface area contributed by atoms with Gasteiger partial charge in [-0.1, -0.05) is 72.8 Å². The van der Waals surface area contributed by atoms with E-state index in [0.29, 0.717) is 12.5 Å². The summed E-state index contributed by atoms with van der Waals surface area (Å²) in [5, 5.41) is 2.36. The van der Waals surface area contributed by atoms with Gasteiger partial charge in [0.25, 0.3) is 0 Å². The van der Waals surface area contributed by atoms with Crippen LogP contribution in [0.1, 0.15) is 44.1 Å². The van der Waals surface area contributed by atoms with E-state index in [2.05, 4.69) is 91.9 Å². The Morgan fingerprint density at radius 3 is 1.77 bits per heavy atom. The van der Waals surface area contributed by atoms with Gasteiger partial charge in [0.05, 0.1) is 7.11 Å². The Labute approximate surface area is 187 Å². The predicted octanol–water partition coefficient (Wildman–Crippen LogP) is 5.03. The van der Waals surface area contributed by atoms with Crippen molar-refractivity contribution in [2.24, 2.45) is 0 Å². The van der Waals surface area contributed by atoms with Gasteiger partial charge in [-0.2, -0.15) is 0 Å². The quantitative estimate of drug-likeness (QED) is 0.467. The van der Waals surface area contributed by atoms with Crippen molar-refractivity contribution >= 4 is 18.9 Å². The second-order valence-corrected chi connectivity index (χ2v) is 11.1. The van der Waals surface area contributed by atoms with Crippen LogP contribution in [0.4, 0.5) is 0 Å². The first-order valence-corrected chi connectivity index (χ1v) is 13.1. The predicted molar refractivity (Wildman–Crippen MR) is 129 cm³/mol. The Hall–Kier alpha value is -2.40. The van der Waals surface area contributed by atoms with Crippen LogP contribution < -0.4 is 15.1 Å². The summed E-state index contributed by atoms with van der Waals surface area (Å²) in [5.41, 5.74) is 1.40. The van der Waals surface area contributed by atoms with Crippen molar-refractivity contribution in [3.63, 3.8) is 0 Å². The molecular formula is C27H32O3Si. The average Bonchev–Trinajstić information content (AvgIpc) is 2.85. The molecule has 3 nitrogen and oxygen atoms in total. The van der Waals surface area contributed by atoms with Gasteiger partial charge in [-0.15, -0.1) is 0 Å². The summed E-state index contributed by atoms with van der Waals surface area (Å²) in [7, 11) is -1.05. The highest BCUT2D eigenvalue weighted by Crippen LogP contribution is 2.35. The van der Waals surface area contributed by atoms with Crippen LogP contribution in [-0.4, -0.2) is 28.4 Å². The van der Waals surface area contributed by atoms with Crippen LogP contribution in [-0.2, 0) is 8.85 Å². The third kappa shape index (κ3) is 4.92. The highest BCUT2D eigenvalue weighted by Gasteiger charge is 2.45. The van der Waals surface area contributed by atoms with Crippen molar-refractivity contribution in [3.05, 3.63) is 90.5 Å². The zero-order valence-corrected chi connectivity index (χ0v) is 19.5. The maximum Gasteiger partial charge on any atom is 0.407 e. The van der Waals surface area contributed by atoms with Crippen LogP contribution in [0.2, 0.25) is 0 Å². The van der Waals surface area contributed by atoms with Crippen molar-refractivity contribution in [1.82, 2.24) is 0 Å². The summed E-state index contributed by atoms with van der Waals surface area (Å²) >= 11 is 0. The third-order valence-electron chi connectivity index (χ3n) is 6.25. The second-order valence-electron chi connectivity index (χ2n) is 8.15. The molecule has 0 saturated heterocycles. The molecule has 162 valence electrons. The van der Waals surface area contributed by atoms with Gasteiger partial charge >= 0.3 is 8.56 Å². The average molecular weight is 433 g/mol. The molecule has 0 spiro atoms. The molecule has 0 unspecified atom stereocenters. The fourth-order valence-corrected chi connectivity index (χ4v) is 8.03. The zero-order chi connectivity index (χ0) is 21.5. The zero-order valence-electron chi connectivity index (χ0n) is 18.5. The number of ether oxygens (including phenoxy) is 1. The van der Waals surface area contributed by atoms with Gasteiger partial charge < -0.3 is 13.6 Å². The number of rotatable bonds is 8. The number of hydrogen-bond donors (Lipinski definition) is 0. The summed E-state index contributed by atoms with van der Waals surface area (Å²) in [5.74, 6) is 1.50. The molecule has 0 aromatic heterocycles. The van der Waals surface area contributed by atoms with Gasteiger partial charge in [0, 0.05) is 12.7 Å². The van der Waals surface area contributed by atoms with E-state index >= 15 is 0 Å². The van der Waals surface area contributed by atoms with Crippen LogP contribution in [0.15, 0.2) is 84.9 Å². The Morgan fingerprint density at radius 1 is 0.742 bits per heavy atom. The van der Waals surface area contributed by atoms with Crippen molar-refractivity contribution in [2.75, 3.05) is 13.7 Å². The number of hydrogen-bond acceptors (Lipinski definition) is 3. The Bertz CT molecular complexity index is 880. The van der Waals surface area contributed by atoms with Crippen LogP contribution in [0.3, 0.4) is 0 Å². The smallest absolute Gasteiger partial charge is 0.407 e. The summed E-state index contributed by atoms with van der Waals surface area (Å²) in [6, 6.07) is 29.7. The molecule has 0 amide bonds. The van der Waals surface area contributed by atoms with E-state index in [1.54, 1.807) is 7.11 Å². The molecule has 3 aromatic carbocycles. The minimum Gasteiger partial charge on any atom is -0.497 e. The Balaban J connectivity index is 1.54. The normalized spacial score (nSPS) is 19.2. The van der Waals surface area contributed by atoms with Crippen LogP contribution >= 0.6 is 0 Å². The summed E-state index contributed by atoms with van der Waals surface area (Å²) in [6.45, 7) is 2.70. The molecule has 0 aliphatic heterocycles. The standard InChI is InChI=1S/C27H32O3Si/c1-3-29-31(26-10-6-4-7-11-26,27-12-8-5-9-13-27)30-25-20-16-23(17-21-25)22-14-18-24(28-2)19-15-22/h4-15,18-19,23,25H,3,16-17,20-21H2,1-2H3. The molecule has 3 aromatic rings. The van der Waals surface area contributed by atoms with E-state index in [0.717, 1.165) is 31.4 Å². The van der Waals surface area contributed by atoms with Gasteiger partial charge in [0.15, 0.2) is 0 Å². The number of methoxy groups -OCH3 is 1. The maximum atomic E-state index is 7.01. The Kier molecular flexibility index (Phi) is 7.23. The van der Waals surface area contributed by atoms with Crippen LogP contribution in [0, 0.1) is 0 Å². The molecule has 0 atom stereocenters. The first kappa shape index (κ1) is 21.8. The Morgan fingerprint density at radius 2 is 1.29 bits per heavy atom. The first-order valence-electron chi connectivity index (χ1n) is 11.3. The molecule has 4 heteroatoms. The van der Waals surface area contributed by atoms with E-state index in [9.17, 15) is 0 Å². The van der Waals surface area contributed by atoms with Gasteiger partial charge in [0.2, 0.25) is 0 Å². The molecule has 0 radical (unpaired) electrons. The van der Waals surface area contributed by atoms with E-state index in [4.69, 9.17) is 13.6 Å². The van der Waals surface area contributed by atoms with Crippen molar-refractivity contribution in [2.45, 2.75) is 44.6 Å². The lowest BCUT2D eigenvalue weighted by Crippen LogP contribution is -2.64. The molecule has 4 rings (SSSR count). The minimum absolute atomic E-state index is 0.216. The highest BCUT2D eigenvalue weighted by atomic mass is 28.4. The van der Waals surface area contributed by atoms with Crippen molar-refractivity contribution in [1.29, 1.82) is 0 Å². The molecule has 1 aliphatic rings. The minimum atomic E-state index is -2.77.